The number of amides is 2. The molecule has 3 N–H and O–H groups in total. The van der Waals surface area contributed by atoms with Crippen molar-refractivity contribution in [2.75, 3.05) is 13.2 Å². The topological polar surface area (TPSA) is 89.9 Å². The summed E-state index contributed by atoms with van der Waals surface area (Å²) in [6.45, 7) is 2.11. The Bertz CT molecular complexity index is 379. The van der Waals surface area contributed by atoms with Crippen LogP contribution >= 0.6 is 0 Å². The Morgan fingerprint density at radius 3 is 2.35 bits per heavy atom. The Balaban J connectivity index is 2.00. The molecule has 0 bridgehead atoms. The minimum absolute atomic E-state index is 0.0324. The molecule has 0 spiro atoms. The number of carbonyl (C=O) groups is 2. The maximum absolute atomic E-state index is 12.4. The van der Waals surface area contributed by atoms with Crippen molar-refractivity contribution in [2.45, 2.75) is 57.0 Å². The van der Waals surface area contributed by atoms with E-state index in [4.69, 9.17) is 5.11 Å². The summed E-state index contributed by atoms with van der Waals surface area (Å²) in [6.07, 6.45) is 5.26. The minimum Gasteiger partial charge on any atom is -0.480 e. The van der Waals surface area contributed by atoms with E-state index in [1.54, 1.807) is 11.8 Å². The third-order valence-corrected chi connectivity index (χ3v) is 4.54. The Hall–Kier alpha value is -1.30. The van der Waals surface area contributed by atoms with E-state index in [0.29, 0.717) is 13.0 Å². The van der Waals surface area contributed by atoms with Gasteiger partial charge in [0.25, 0.3) is 0 Å². The van der Waals surface area contributed by atoms with Crippen LogP contribution in [0.1, 0.15) is 45.4 Å². The summed E-state index contributed by atoms with van der Waals surface area (Å²) < 4.78 is 0. The molecular formula is C14H24N2O4. The number of rotatable bonds is 7. The van der Waals surface area contributed by atoms with Gasteiger partial charge in [0, 0.05) is 19.2 Å². The van der Waals surface area contributed by atoms with Gasteiger partial charge in [0.05, 0.1) is 0 Å². The zero-order valence-corrected chi connectivity index (χ0v) is 12.0. The molecule has 114 valence electrons. The lowest BCUT2D eigenvalue weighted by Crippen LogP contribution is -2.60. The van der Waals surface area contributed by atoms with E-state index in [9.17, 15) is 14.7 Å². The highest BCUT2D eigenvalue weighted by molar-refractivity contribution is 5.86. The van der Waals surface area contributed by atoms with Crippen LogP contribution in [0.4, 0.5) is 4.79 Å². The molecule has 0 radical (unpaired) electrons. The second kappa shape index (κ2) is 5.99. The standard InChI is InChI=1S/C14H24N2O4/c1-14(12(18)19,10-6-7-10)15-13(20)16(8-3-9-17)11-4-2-5-11/h10-11,17H,2-9H2,1H3,(H,15,20)(H,18,19). The molecule has 0 heterocycles. The highest BCUT2D eigenvalue weighted by atomic mass is 16.4. The summed E-state index contributed by atoms with van der Waals surface area (Å²) in [5.41, 5.74) is -1.17. The Morgan fingerprint density at radius 1 is 1.30 bits per heavy atom. The van der Waals surface area contributed by atoms with Crippen molar-refractivity contribution in [1.82, 2.24) is 10.2 Å². The normalized spacial score (nSPS) is 21.7. The Labute approximate surface area is 119 Å². The lowest BCUT2D eigenvalue weighted by molar-refractivity contribution is -0.144. The van der Waals surface area contributed by atoms with Gasteiger partial charge in [0.2, 0.25) is 0 Å². The molecule has 1 atom stereocenters. The van der Waals surface area contributed by atoms with Gasteiger partial charge in [-0.25, -0.2) is 9.59 Å². The van der Waals surface area contributed by atoms with E-state index in [0.717, 1.165) is 32.1 Å². The molecular weight excluding hydrogens is 260 g/mol. The van der Waals surface area contributed by atoms with Gasteiger partial charge in [-0.2, -0.15) is 0 Å². The number of urea groups is 1. The largest absolute Gasteiger partial charge is 0.480 e. The molecule has 0 saturated heterocycles. The maximum atomic E-state index is 12.4. The van der Waals surface area contributed by atoms with Gasteiger partial charge in [-0.05, 0) is 51.4 Å². The molecule has 2 aliphatic carbocycles. The molecule has 0 aromatic carbocycles. The fourth-order valence-corrected chi connectivity index (χ4v) is 2.67. The van der Waals surface area contributed by atoms with E-state index in [2.05, 4.69) is 5.32 Å². The van der Waals surface area contributed by atoms with Crippen LogP contribution in [0.2, 0.25) is 0 Å². The van der Waals surface area contributed by atoms with Crippen LogP contribution < -0.4 is 5.32 Å². The summed E-state index contributed by atoms with van der Waals surface area (Å²) >= 11 is 0. The fraction of sp³-hybridized carbons (Fsp3) is 0.857. The van der Waals surface area contributed by atoms with Crippen LogP contribution in [0.5, 0.6) is 0 Å². The summed E-state index contributed by atoms with van der Waals surface area (Å²) in [5.74, 6) is -0.936. The van der Waals surface area contributed by atoms with Crippen molar-refractivity contribution in [2.24, 2.45) is 5.92 Å². The molecule has 2 saturated carbocycles. The molecule has 2 aliphatic rings. The SMILES string of the molecule is CC(NC(=O)N(CCCO)C1CCC1)(C(=O)O)C1CC1. The molecule has 20 heavy (non-hydrogen) atoms. The van der Waals surface area contributed by atoms with Gasteiger partial charge in [-0.3, -0.25) is 0 Å². The Morgan fingerprint density at radius 2 is 1.95 bits per heavy atom. The Kier molecular flexibility index (Phi) is 4.52. The monoisotopic (exact) mass is 284 g/mol. The van der Waals surface area contributed by atoms with E-state index in [1.165, 1.54) is 0 Å². The predicted octanol–water partition coefficient (Wildman–Crippen LogP) is 1.19. The first-order chi connectivity index (χ1) is 9.49. The van der Waals surface area contributed by atoms with Crippen LogP contribution in [-0.2, 0) is 4.79 Å². The number of aliphatic hydroxyl groups excluding tert-OH is 1. The second-order valence-corrected chi connectivity index (χ2v) is 6.07. The van der Waals surface area contributed by atoms with Crippen LogP contribution in [0.3, 0.4) is 0 Å². The highest BCUT2D eigenvalue weighted by Crippen LogP contribution is 2.40. The lowest BCUT2D eigenvalue weighted by atomic mass is 9.91. The molecule has 6 heteroatoms. The average Bonchev–Trinajstić information content (AvgIpc) is 3.15. The number of aliphatic carboxylic acids is 1. The molecule has 0 aromatic rings. The zero-order chi connectivity index (χ0) is 14.8. The average molecular weight is 284 g/mol. The van der Waals surface area contributed by atoms with Crippen molar-refractivity contribution in [3.05, 3.63) is 0 Å². The third-order valence-electron chi connectivity index (χ3n) is 4.54. The van der Waals surface area contributed by atoms with Crippen LogP contribution in [0.15, 0.2) is 0 Å². The minimum atomic E-state index is -1.17. The van der Waals surface area contributed by atoms with Crippen molar-refractivity contribution in [1.29, 1.82) is 0 Å². The van der Waals surface area contributed by atoms with Gasteiger partial charge in [0.1, 0.15) is 5.54 Å². The predicted molar refractivity (Wildman–Crippen MR) is 73.3 cm³/mol. The summed E-state index contributed by atoms with van der Waals surface area (Å²) in [6, 6.07) is -0.112. The first-order valence-electron chi connectivity index (χ1n) is 7.42. The number of carboxylic acids is 1. The van der Waals surface area contributed by atoms with Crippen LogP contribution in [0.25, 0.3) is 0 Å². The van der Waals surface area contributed by atoms with Gasteiger partial charge >= 0.3 is 12.0 Å². The van der Waals surface area contributed by atoms with Crippen molar-refractivity contribution in [3.8, 4) is 0 Å². The molecule has 0 aromatic heterocycles. The summed E-state index contributed by atoms with van der Waals surface area (Å²) in [4.78, 5) is 25.6. The quantitative estimate of drug-likeness (QED) is 0.655. The molecule has 0 aliphatic heterocycles. The number of carbonyl (C=O) groups excluding carboxylic acids is 1. The lowest BCUT2D eigenvalue weighted by Gasteiger charge is -2.39. The first kappa shape index (κ1) is 15.1. The molecule has 2 amide bonds. The molecule has 2 fully saturated rings. The van der Waals surface area contributed by atoms with E-state index in [-0.39, 0.29) is 24.6 Å². The number of hydrogen-bond donors (Lipinski definition) is 3. The van der Waals surface area contributed by atoms with Gasteiger partial charge in [-0.1, -0.05) is 0 Å². The number of nitrogens with one attached hydrogen (secondary N) is 1. The van der Waals surface area contributed by atoms with Gasteiger partial charge in [0.15, 0.2) is 0 Å². The van der Waals surface area contributed by atoms with Crippen LogP contribution in [0, 0.1) is 5.92 Å². The summed E-state index contributed by atoms with van der Waals surface area (Å²) in [5, 5.41) is 21.0. The number of carboxylic acid groups (broad SMARTS) is 1. The van der Waals surface area contributed by atoms with Crippen LogP contribution in [-0.4, -0.2) is 51.8 Å². The van der Waals surface area contributed by atoms with E-state index >= 15 is 0 Å². The molecule has 1 unspecified atom stereocenters. The van der Waals surface area contributed by atoms with Crippen molar-refractivity contribution < 1.29 is 19.8 Å². The summed E-state index contributed by atoms with van der Waals surface area (Å²) in [7, 11) is 0. The highest BCUT2D eigenvalue weighted by Gasteiger charge is 2.49. The van der Waals surface area contributed by atoms with E-state index in [1.807, 2.05) is 0 Å². The van der Waals surface area contributed by atoms with Crippen molar-refractivity contribution in [3.63, 3.8) is 0 Å². The van der Waals surface area contributed by atoms with Gasteiger partial charge in [-0.15, -0.1) is 0 Å². The smallest absolute Gasteiger partial charge is 0.329 e. The van der Waals surface area contributed by atoms with Gasteiger partial charge < -0.3 is 20.4 Å². The molecule has 2 rings (SSSR count). The van der Waals surface area contributed by atoms with Crippen molar-refractivity contribution >= 4 is 12.0 Å². The maximum Gasteiger partial charge on any atom is 0.329 e. The second-order valence-electron chi connectivity index (χ2n) is 6.07. The zero-order valence-electron chi connectivity index (χ0n) is 12.0. The van der Waals surface area contributed by atoms with E-state index < -0.39 is 11.5 Å². The number of hydrogen-bond acceptors (Lipinski definition) is 3. The third kappa shape index (κ3) is 3.06. The molecule has 6 nitrogen and oxygen atoms in total. The fourth-order valence-electron chi connectivity index (χ4n) is 2.67. The first-order valence-corrected chi connectivity index (χ1v) is 7.42. The number of nitrogens with zero attached hydrogens (tertiary/aromatic N) is 1. The number of aliphatic hydroxyl groups is 1.